The van der Waals surface area contributed by atoms with Crippen LogP contribution in [-0.2, 0) is 6.42 Å². The van der Waals surface area contributed by atoms with E-state index in [-0.39, 0.29) is 11.9 Å². The third-order valence-electron chi connectivity index (χ3n) is 3.40. The Kier molecular flexibility index (Phi) is 5.76. The zero-order chi connectivity index (χ0) is 15.2. The first-order valence-corrected chi connectivity index (χ1v) is 7.74. The van der Waals surface area contributed by atoms with Crippen molar-refractivity contribution in [1.29, 1.82) is 0 Å². The third kappa shape index (κ3) is 4.29. The molecule has 2 rings (SSSR count). The molecule has 0 spiro atoms. The Bertz CT molecular complexity index is 586. The number of ether oxygens (including phenoxy) is 1. The van der Waals surface area contributed by atoms with Gasteiger partial charge in [-0.05, 0) is 64.3 Å². The molecule has 1 atom stereocenters. The quantitative estimate of drug-likeness (QED) is 0.827. The first-order valence-electron chi connectivity index (χ1n) is 6.95. The van der Waals surface area contributed by atoms with Crippen molar-refractivity contribution >= 4 is 15.9 Å². The molecule has 0 saturated heterocycles. The minimum Gasteiger partial charge on any atom is -0.497 e. The molecule has 0 aromatic heterocycles. The van der Waals surface area contributed by atoms with Crippen molar-refractivity contribution < 1.29 is 9.13 Å². The summed E-state index contributed by atoms with van der Waals surface area (Å²) in [6.07, 6.45) is 0.843. The van der Waals surface area contributed by atoms with E-state index in [0.717, 1.165) is 24.3 Å². The van der Waals surface area contributed by atoms with Crippen molar-refractivity contribution in [2.24, 2.45) is 0 Å². The second kappa shape index (κ2) is 7.57. The van der Waals surface area contributed by atoms with Gasteiger partial charge in [0.05, 0.1) is 11.6 Å². The summed E-state index contributed by atoms with van der Waals surface area (Å²) in [5.41, 5.74) is 2.28. The number of halogens is 2. The summed E-state index contributed by atoms with van der Waals surface area (Å²) < 4.78 is 19.0. The predicted octanol–water partition coefficient (Wildman–Crippen LogP) is 4.49. The molecule has 0 amide bonds. The van der Waals surface area contributed by atoms with E-state index < -0.39 is 0 Å². The standard InChI is InChI=1S/C17H19BrFNO/c1-3-20-17(13-6-9-16(19)15(18)11-13)10-12-4-7-14(21-2)8-5-12/h4-9,11,17,20H,3,10H2,1-2H3. The monoisotopic (exact) mass is 351 g/mol. The average molecular weight is 352 g/mol. The molecular formula is C17H19BrFNO. The van der Waals surface area contributed by atoms with E-state index in [4.69, 9.17) is 4.74 Å². The van der Waals surface area contributed by atoms with E-state index in [1.54, 1.807) is 7.11 Å². The summed E-state index contributed by atoms with van der Waals surface area (Å²) in [7, 11) is 1.66. The minimum atomic E-state index is -0.238. The van der Waals surface area contributed by atoms with Crippen LogP contribution in [0.1, 0.15) is 24.1 Å². The Labute approximate surface area is 133 Å². The zero-order valence-corrected chi connectivity index (χ0v) is 13.8. The van der Waals surface area contributed by atoms with Gasteiger partial charge in [0.25, 0.3) is 0 Å². The Morgan fingerprint density at radius 1 is 1.19 bits per heavy atom. The average Bonchev–Trinajstić information content (AvgIpc) is 2.50. The molecule has 0 radical (unpaired) electrons. The molecular weight excluding hydrogens is 333 g/mol. The maximum atomic E-state index is 13.4. The first kappa shape index (κ1) is 16.0. The minimum absolute atomic E-state index is 0.153. The smallest absolute Gasteiger partial charge is 0.137 e. The van der Waals surface area contributed by atoms with Gasteiger partial charge in [0.1, 0.15) is 11.6 Å². The molecule has 1 unspecified atom stereocenters. The predicted molar refractivity (Wildman–Crippen MR) is 87.2 cm³/mol. The van der Waals surface area contributed by atoms with Crippen LogP contribution in [0.4, 0.5) is 4.39 Å². The van der Waals surface area contributed by atoms with Crippen LogP contribution in [0, 0.1) is 5.82 Å². The number of hydrogen-bond donors (Lipinski definition) is 1. The highest BCUT2D eigenvalue weighted by atomic mass is 79.9. The molecule has 2 aromatic carbocycles. The van der Waals surface area contributed by atoms with Gasteiger partial charge in [-0.1, -0.05) is 25.1 Å². The maximum Gasteiger partial charge on any atom is 0.137 e. The van der Waals surface area contributed by atoms with E-state index in [9.17, 15) is 4.39 Å². The van der Waals surface area contributed by atoms with Crippen LogP contribution < -0.4 is 10.1 Å². The Hall–Kier alpha value is -1.39. The fourth-order valence-electron chi connectivity index (χ4n) is 2.28. The second-order valence-electron chi connectivity index (χ2n) is 4.84. The van der Waals surface area contributed by atoms with Gasteiger partial charge >= 0.3 is 0 Å². The summed E-state index contributed by atoms with van der Waals surface area (Å²) >= 11 is 3.25. The maximum absolute atomic E-state index is 13.4. The first-order chi connectivity index (χ1) is 10.1. The number of benzene rings is 2. The van der Waals surface area contributed by atoms with Crippen molar-refractivity contribution in [3.63, 3.8) is 0 Å². The van der Waals surface area contributed by atoms with Crippen LogP contribution in [0.2, 0.25) is 0 Å². The van der Waals surface area contributed by atoms with Crippen LogP contribution in [0.5, 0.6) is 5.75 Å². The molecule has 0 aliphatic rings. The molecule has 0 bridgehead atoms. The number of hydrogen-bond acceptors (Lipinski definition) is 2. The molecule has 1 N–H and O–H groups in total. The fourth-order valence-corrected chi connectivity index (χ4v) is 2.68. The van der Waals surface area contributed by atoms with Gasteiger partial charge in [0, 0.05) is 6.04 Å². The Morgan fingerprint density at radius 3 is 2.48 bits per heavy atom. The molecule has 0 saturated carbocycles. The summed E-state index contributed by atoms with van der Waals surface area (Å²) in [5.74, 6) is 0.613. The van der Waals surface area contributed by atoms with Gasteiger partial charge in [0.15, 0.2) is 0 Å². The number of nitrogens with one attached hydrogen (secondary N) is 1. The summed E-state index contributed by atoms with van der Waals surface area (Å²) in [5, 5.41) is 3.45. The number of methoxy groups -OCH3 is 1. The van der Waals surface area contributed by atoms with Crippen LogP contribution in [0.25, 0.3) is 0 Å². The van der Waals surface area contributed by atoms with E-state index in [1.165, 1.54) is 11.6 Å². The third-order valence-corrected chi connectivity index (χ3v) is 4.00. The molecule has 4 heteroatoms. The molecule has 21 heavy (non-hydrogen) atoms. The highest BCUT2D eigenvalue weighted by Crippen LogP contribution is 2.24. The van der Waals surface area contributed by atoms with Gasteiger partial charge in [-0.3, -0.25) is 0 Å². The molecule has 112 valence electrons. The van der Waals surface area contributed by atoms with E-state index in [2.05, 4.69) is 40.3 Å². The largest absolute Gasteiger partial charge is 0.497 e. The van der Waals surface area contributed by atoms with Gasteiger partial charge in [-0.2, -0.15) is 0 Å². The summed E-state index contributed by atoms with van der Waals surface area (Å²) in [6.45, 7) is 2.93. The number of rotatable bonds is 6. The van der Waals surface area contributed by atoms with Crippen LogP contribution >= 0.6 is 15.9 Å². The fraction of sp³-hybridized carbons (Fsp3) is 0.294. The highest BCUT2D eigenvalue weighted by molar-refractivity contribution is 9.10. The molecule has 0 aliphatic heterocycles. The van der Waals surface area contributed by atoms with Crippen molar-refractivity contribution in [2.45, 2.75) is 19.4 Å². The normalized spacial score (nSPS) is 12.2. The SMILES string of the molecule is CCNC(Cc1ccc(OC)cc1)c1ccc(F)c(Br)c1. The van der Waals surface area contributed by atoms with Gasteiger partial charge < -0.3 is 10.1 Å². The van der Waals surface area contributed by atoms with Crippen LogP contribution in [0.3, 0.4) is 0 Å². The lowest BCUT2D eigenvalue weighted by Gasteiger charge is -2.19. The van der Waals surface area contributed by atoms with Crippen LogP contribution in [-0.4, -0.2) is 13.7 Å². The zero-order valence-electron chi connectivity index (χ0n) is 12.2. The van der Waals surface area contributed by atoms with Crippen molar-refractivity contribution in [2.75, 3.05) is 13.7 Å². The summed E-state index contributed by atoms with van der Waals surface area (Å²) in [6, 6.07) is 13.3. The molecule has 2 nitrogen and oxygen atoms in total. The summed E-state index contributed by atoms with van der Waals surface area (Å²) in [4.78, 5) is 0. The molecule has 2 aromatic rings. The molecule has 0 heterocycles. The lowest BCUT2D eigenvalue weighted by atomic mass is 9.98. The van der Waals surface area contributed by atoms with E-state index >= 15 is 0 Å². The Balaban J connectivity index is 2.19. The van der Waals surface area contributed by atoms with E-state index in [0.29, 0.717) is 4.47 Å². The lowest BCUT2D eigenvalue weighted by Crippen LogP contribution is -2.23. The topological polar surface area (TPSA) is 21.3 Å². The van der Waals surface area contributed by atoms with E-state index in [1.807, 2.05) is 24.3 Å². The van der Waals surface area contributed by atoms with Crippen molar-refractivity contribution in [3.8, 4) is 5.75 Å². The number of likely N-dealkylation sites (N-methyl/N-ethyl adjacent to an activating group) is 1. The molecule has 0 fully saturated rings. The molecule has 0 aliphatic carbocycles. The van der Waals surface area contributed by atoms with Crippen molar-refractivity contribution in [3.05, 3.63) is 63.9 Å². The van der Waals surface area contributed by atoms with Crippen molar-refractivity contribution in [1.82, 2.24) is 5.32 Å². The van der Waals surface area contributed by atoms with Gasteiger partial charge in [-0.25, -0.2) is 4.39 Å². The highest BCUT2D eigenvalue weighted by Gasteiger charge is 2.13. The van der Waals surface area contributed by atoms with Gasteiger partial charge in [-0.15, -0.1) is 0 Å². The Morgan fingerprint density at radius 2 is 1.90 bits per heavy atom. The van der Waals surface area contributed by atoms with Gasteiger partial charge in [0.2, 0.25) is 0 Å². The lowest BCUT2D eigenvalue weighted by molar-refractivity contribution is 0.414. The van der Waals surface area contributed by atoms with Crippen LogP contribution in [0.15, 0.2) is 46.9 Å². The second-order valence-corrected chi connectivity index (χ2v) is 5.69.